The van der Waals surface area contributed by atoms with Crippen molar-refractivity contribution >= 4 is 11.9 Å². The van der Waals surface area contributed by atoms with Crippen molar-refractivity contribution in [2.24, 2.45) is 0 Å². The van der Waals surface area contributed by atoms with E-state index in [0.29, 0.717) is 26.1 Å². The summed E-state index contributed by atoms with van der Waals surface area (Å²) >= 11 is 0. The third-order valence-electron chi connectivity index (χ3n) is 3.27. The van der Waals surface area contributed by atoms with Gasteiger partial charge < -0.3 is 15.2 Å². The quantitative estimate of drug-likeness (QED) is 0.704. The Labute approximate surface area is 114 Å². The van der Waals surface area contributed by atoms with Crippen molar-refractivity contribution in [1.29, 1.82) is 0 Å². The monoisotopic (exact) mass is 272 g/mol. The zero-order valence-electron chi connectivity index (χ0n) is 11.7. The van der Waals surface area contributed by atoms with Crippen LogP contribution in [0.15, 0.2) is 0 Å². The van der Waals surface area contributed by atoms with Gasteiger partial charge in [0, 0.05) is 13.1 Å². The summed E-state index contributed by atoms with van der Waals surface area (Å²) in [7, 11) is 0. The van der Waals surface area contributed by atoms with Crippen molar-refractivity contribution in [3.8, 4) is 0 Å². The van der Waals surface area contributed by atoms with Crippen molar-refractivity contribution in [2.75, 3.05) is 26.3 Å². The number of rotatable bonds is 7. The number of carbonyl (C=O) groups excluding carboxylic acids is 1. The first-order valence-corrected chi connectivity index (χ1v) is 6.95. The van der Waals surface area contributed by atoms with Crippen LogP contribution in [0.4, 0.5) is 0 Å². The predicted octanol–water partition coefficient (Wildman–Crippen LogP) is 0.467. The smallest absolute Gasteiger partial charge is 0.320 e. The van der Waals surface area contributed by atoms with Gasteiger partial charge in [-0.1, -0.05) is 20.3 Å². The molecule has 19 heavy (non-hydrogen) atoms. The fraction of sp³-hybridized carbons (Fsp3) is 0.846. The molecule has 2 N–H and O–H groups in total. The van der Waals surface area contributed by atoms with Gasteiger partial charge in [-0.25, -0.2) is 0 Å². The number of amides is 1. The molecule has 1 saturated heterocycles. The zero-order chi connectivity index (χ0) is 14.3. The highest BCUT2D eigenvalue weighted by Crippen LogP contribution is 2.16. The van der Waals surface area contributed by atoms with Crippen molar-refractivity contribution in [1.82, 2.24) is 10.2 Å². The summed E-state index contributed by atoms with van der Waals surface area (Å²) in [6.45, 7) is 5.76. The van der Waals surface area contributed by atoms with Gasteiger partial charge >= 0.3 is 5.97 Å². The van der Waals surface area contributed by atoms with Crippen LogP contribution >= 0.6 is 0 Å². The van der Waals surface area contributed by atoms with Crippen molar-refractivity contribution in [3.63, 3.8) is 0 Å². The van der Waals surface area contributed by atoms with Gasteiger partial charge in [0.2, 0.25) is 5.91 Å². The molecule has 1 aliphatic heterocycles. The van der Waals surface area contributed by atoms with E-state index < -0.39 is 18.1 Å². The van der Waals surface area contributed by atoms with Crippen LogP contribution in [0.5, 0.6) is 0 Å². The second-order valence-corrected chi connectivity index (χ2v) is 4.76. The van der Waals surface area contributed by atoms with E-state index in [0.717, 1.165) is 12.8 Å². The van der Waals surface area contributed by atoms with E-state index in [1.54, 1.807) is 4.90 Å². The SMILES string of the molecule is CCCNC(=O)C1COCCN1C(CCC)C(=O)O. The molecule has 0 aromatic heterocycles. The Morgan fingerprint density at radius 1 is 1.42 bits per heavy atom. The van der Waals surface area contributed by atoms with Gasteiger partial charge in [-0.3, -0.25) is 14.5 Å². The van der Waals surface area contributed by atoms with Crippen LogP contribution in [-0.2, 0) is 14.3 Å². The molecule has 1 amide bonds. The van der Waals surface area contributed by atoms with Crippen LogP contribution in [0, 0.1) is 0 Å². The summed E-state index contributed by atoms with van der Waals surface area (Å²) in [5.41, 5.74) is 0. The van der Waals surface area contributed by atoms with E-state index in [-0.39, 0.29) is 12.5 Å². The van der Waals surface area contributed by atoms with Crippen molar-refractivity contribution in [2.45, 2.75) is 45.2 Å². The molecule has 0 aromatic carbocycles. The number of carboxylic acid groups (broad SMARTS) is 1. The topological polar surface area (TPSA) is 78.9 Å². The predicted molar refractivity (Wildman–Crippen MR) is 70.9 cm³/mol. The van der Waals surface area contributed by atoms with Crippen molar-refractivity contribution in [3.05, 3.63) is 0 Å². The fourth-order valence-corrected chi connectivity index (χ4v) is 2.29. The molecule has 110 valence electrons. The highest BCUT2D eigenvalue weighted by Gasteiger charge is 2.36. The van der Waals surface area contributed by atoms with Gasteiger partial charge in [-0.2, -0.15) is 0 Å². The number of nitrogens with one attached hydrogen (secondary N) is 1. The molecule has 1 fully saturated rings. The number of nitrogens with zero attached hydrogens (tertiary/aromatic N) is 1. The molecule has 2 atom stereocenters. The Morgan fingerprint density at radius 3 is 2.74 bits per heavy atom. The van der Waals surface area contributed by atoms with E-state index in [4.69, 9.17) is 4.74 Å². The van der Waals surface area contributed by atoms with Gasteiger partial charge in [-0.05, 0) is 12.8 Å². The van der Waals surface area contributed by atoms with Gasteiger partial charge in [0.1, 0.15) is 12.1 Å². The summed E-state index contributed by atoms with van der Waals surface area (Å²) < 4.78 is 5.33. The number of morpholine rings is 1. The lowest BCUT2D eigenvalue weighted by Crippen LogP contribution is -2.59. The average Bonchev–Trinajstić information content (AvgIpc) is 2.42. The van der Waals surface area contributed by atoms with Crippen LogP contribution in [0.3, 0.4) is 0 Å². The standard InChI is InChI=1S/C13H24N2O4/c1-3-5-10(13(17)18)15-7-8-19-9-11(15)12(16)14-6-4-2/h10-11H,3-9H2,1-2H3,(H,14,16)(H,17,18). The van der Waals surface area contributed by atoms with Crippen LogP contribution in [0.2, 0.25) is 0 Å². The molecule has 1 aliphatic rings. The first kappa shape index (κ1) is 15.9. The third-order valence-corrected chi connectivity index (χ3v) is 3.27. The average molecular weight is 272 g/mol. The highest BCUT2D eigenvalue weighted by molar-refractivity contribution is 5.83. The molecular formula is C13H24N2O4. The molecule has 1 heterocycles. The Morgan fingerprint density at radius 2 is 2.16 bits per heavy atom. The van der Waals surface area contributed by atoms with E-state index in [1.807, 2.05) is 13.8 Å². The second kappa shape index (κ2) is 8.12. The van der Waals surface area contributed by atoms with E-state index >= 15 is 0 Å². The normalized spacial score (nSPS) is 21.9. The summed E-state index contributed by atoms with van der Waals surface area (Å²) in [5.74, 6) is -0.999. The Kier molecular flexibility index (Phi) is 6.80. The molecule has 0 aromatic rings. The largest absolute Gasteiger partial charge is 0.480 e. The van der Waals surface area contributed by atoms with Crippen LogP contribution in [-0.4, -0.2) is 60.3 Å². The van der Waals surface area contributed by atoms with Gasteiger partial charge in [-0.15, -0.1) is 0 Å². The maximum Gasteiger partial charge on any atom is 0.320 e. The zero-order valence-corrected chi connectivity index (χ0v) is 11.7. The molecular weight excluding hydrogens is 248 g/mol. The van der Waals surface area contributed by atoms with Gasteiger partial charge in [0.15, 0.2) is 0 Å². The lowest BCUT2D eigenvalue weighted by molar-refractivity contribution is -0.151. The summed E-state index contributed by atoms with van der Waals surface area (Å²) in [5, 5.41) is 12.1. The number of carboxylic acids is 1. The Bertz CT molecular complexity index is 309. The number of hydrogen-bond acceptors (Lipinski definition) is 4. The minimum atomic E-state index is -0.864. The van der Waals surface area contributed by atoms with Crippen LogP contribution in [0.1, 0.15) is 33.1 Å². The maximum atomic E-state index is 12.1. The van der Waals surface area contributed by atoms with E-state index in [9.17, 15) is 14.7 Å². The lowest BCUT2D eigenvalue weighted by Gasteiger charge is -2.38. The first-order chi connectivity index (χ1) is 9.11. The molecule has 0 radical (unpaired) electrons. The third kappa shape index (κ3) is 4.47. The summed E-state index contributed by atoms with van der Waals surface area (Å²) in [6, 6.07) is -1.10. The molecule has 0 spiro atoms. The van der Waals surface area contributed by atoms with Crippen molar-refractivity contribution < 1.29 is 19.4 Å². The summed E-state index contributed by atoms with van der Waals surface area (Å²) in [6.07, 6.45) is 2.18. The van der Waals surface area contributed by atoms with E-state index in [1.165, 1.54) is 0 Å². The second-order valence-electron chi connectivity index (χ2n) is 4.76. The number of carbonyl (C=O) groups is 2. The lowest BCUT2D eigenvalue weighted by atomic mass is 10.1. The maximum absolute atomic E-state index is 12.1. The first-order valence-electron chi connectivity index (χ1n) is 6.95. The minimum absolute atomic E-state index is 0.135. The Hall–Kier alpha value is -1.14. The Balaban J connectivity index is 2.74. The molecule has 6 heteroatoms. The molecule has 2 unspecified atom stereocenters. The molecule has 6 nitrogen and oxygen atoms in total. The minimum Gasteiger partial charge on any atom is -0.480 e. The number of ether oxygens (including phenoxy) is 1. The fourth-order valence-electron chi connectivity index (χ4n) is 2.29. The van der Waals surface area contributed by atoms with Crippen LogP contribution < -0.4 is 5.32 Å². The van der Waals surface area contributed by atoms with Gasteiger partial charge in [0.05, 0.1) is 13.2 Å². The molecule has 1 rings (SSSR count). The number of hydrogen-bond donors (Lipinski definition) is 2. The van der Waals surface area contributed by atoms with E-state index in [2.05, 4.69) is 5.32 Å². The molecule has 0 bridgehead atoms. The molecule has 0 saturated carbocycles. The highest BCUT2D eigenvalue weighted by atomic mass is 16.5. The number of aliphatic carboxylic acids is 1. The molecule has 0 aliphatic carbocycles. The summed E-state index contributed by atoms with van der Waals surface area (Å²) in [4.78, 5) is 25.2. The van der Waals surface area contributed by atoms with Gasteiger partial charge in [0.25, 0.3) is 0 Å². The van der Waals surface area contributed by atoms with Crippen LogP contribution in [0.25, 0.3) is 0 Å².